The molecule has 0 spiro atoms. The summed E-state index contributed by atoms with van der Waals surface area (Å²) in [6.07, 6.45) is -7.37. The van der Waals surface area contributed by atoms with Crippen molar-refractivity contribution in [2.75, 3.05) is 6.61 Å². The van der Waals surface area contributed by atoms with E-state index in [1.54, 1.807) is 0 Å². The van der Waals surface area contributed by atoms with Gasteiger partial charge in [0, 0.05) is 5.56 Å². The molecule has 9 heteroatoms. The maximum atomic E-state index is 13.7. The van der Waals surface area contributed by atoms with Crippen LogP contribution in [0.2, 0.25) is 0 Å². The molecule has 1 aromatic rings. The number of para-hydroxylation sites is 1. The Morgan fingerprint density at radius 1 is 1.43 bits per heavy atom. The number of phenols is 1. The van der Waals surface area contributed by atoms with Crippen molar-refractivity contribution < 1.29 is 36.9 Å². The van der Waals surface area contributed by atoms with Gasteiger partial charge in [0.05, 0.1) is 12.6 Å². The van der Waals surface area contributed by atoms with E-state index in [4.69, 9.17) is 5.73 Å². The molecule has 0 fully saturated rings. The summed E-state index contributed by atoms with van der Waals surface area (Å²) >= 11 is 0. The zero-order valence-corrected chi connectivity index (χ0v) is 10.9. The van der Waals surface area contributed by atoms with Gasteiger partial charge >= 0.3 is 12.3 Å². The van der Waals surface area contributed by atoms with Crippen molar-refractivity contribution in [2.24, 2.45) is 5.73 Å². The van der Waals surface area contributed by atoms with E-state index in [1.165, 1.54) is 6.92 Å². The highest BCUT2D eigenvalue weighted by Gasteiger charge is 2.35. The van der Waals surface area contributed by atoms with E-state index in [2.05, 4.69) is 9.47 Å². The molecule has 2 atom stereocenters. The molecule has 21 heavy (non-hydrogen) atoms. The first kappa shape index (κ1) is 17.0. The molecule has 0 aromatic heterocycles. The van der Waals surface area contributed by atoms with Crippen LogP contribution in [0.5, 0.6) is 11.5 Å². The summed E-state index contributed by atoms with van der Waals surface area (Å²) in [5.74, 6) is -3.20. The third-order valence-electron chi connectivity index (χ3n) is 2.44. The van der Waals surface area contributed by atoms with Crippen LogP contribution in [0.4, 0.5) is 17.6 Å². The van der Waals surface area contributed by atoms with Crippen LogP contribution in [-0.4, -0.2) is 30.2 Å². The summed E-state index contributed by atoms with van der Waals surface area (Å²) in [6.45, 7) is 1.36. The highest BCUT2D eigenvalue weighted by molar-refractivity contribution is 5.76. The van der Waals surface area contributed by atoms with Crippen LogP contribution in [0.15, 0.2) is 18.2 Å². The number of carbonyl (C=O) groups excluding carboxylic acids is 1. The fraction of sp³-hybridized carbons (Fsp3) is 0.417. The van der Waals surface area contributed by atoms with Gasteiger partial charge in [-0.1, -0.05) is 12.1 Å². The van der Waals surface area contributed by atoms with Gasteiger partial charge in [0.15, 0.2) is 11.5 Å². The summed E-state index contributed by atoms with van der Waals surface area (Å²) < 4.78 is 58.1. The fourth-order valence-electron chi connectivity index (χ4n) is 1.54. The number of alkyl halides is 4. The Bertz CT molecular complexity index is 507. The van der Waals surface area contributed by atoms with Gasteiger partial charge in [0.2, 0.25) is 6.17 Å². The second-order valence-corrected chi connectivity index (χ2v) is 3.92. The van der Waals surface area contributed by atoms with Gasteiger partial charge in [0.25, 0.3) is 0 Å². The number of esters is 1. The van der Waals surface area contributed by atoms with Crippen molar-refractivity contribution in [3.05, 3.63) is 23.8 Å². The molecular weight excluding hydrogens is 298 g/mol. The summed E-state index contributed by atoms with van der Waals surface area (Å²) in [5, 5.41) is 9.66. The van der Waals surface area contributed by atoms with Crippen LogP contribution in [0.1, 0.15) is 18.5 Å². The second-order valence-electron chi connectivity index (χ2n) is 3.92. The monoisotopic (exact) mass is 311 g/mol. The molecule has 1 aromatic carbocycles. The largest absolute Gasteiger partial charge is 0.573 e. The number of benzene rings is 1. The SMILES string of the molecule is CCOC(=O)C(F)[C@@H](N)c1cccc(OC(F)(F)F)c1O. The number of nitrogens with two attached hydrogens (primary N) is 1. The van der Waals surface area contributed by atoms with E-state index in [-0.39, 0.29) is 6.61 Å². The molecule has 118 valence electrons. The Morgan fingerprint density at radius 2 is 2.05 bits per heavy atom. The molecule has 1 unspecified atom stereocenters. The first-order valence-corrected chi connectivity index (χ1v) is 5.81. The highest BCUT2D eigenvalue weighted by atomic mass is 19.4. The van der Waals surface area contributed by atoms with Gasteiger partial charge in [-0.25, -0.2) is 9.18 Å². The minimum atomic E-state index is -5.03. The summed E-state index contributed by atoms with van der Waals surface area (Å²) in [4.78, 5) is 11.2. The molecule has 0 radical (unpaired) electrons. The smallest absolute Gasteiger partial charge is 0.504 e. The van der Waals surface area contributed by atoms with Crippen molar-refractivity contribution in [2.45, 2.75) is 25.5 Å². The lowest BCUT2D eigenvalue weighted by Crippen LogP contribution is -2.31. The molecule has 0 bridgehead atoms. The van der Waals surface area contributed by atoms with E-state index < -0.39 is 41.6 Å². The van der Waals surface area contributed by atoms with Crippen LogP contribution in [-0.2, 0) is 9.53 Å². The molecular formula is C12H13F4NO4. The minimum Gasteiger partial charge on any atom is -0.504 e. The van der Waals surface area contributed by atoms with E-state index in [9.17, 15) is 27.5 Å². The third-order valence-corrected chi connectivity index (χ3v) is 2.44. The maximum Gasteiger partial charge on any atom is 0.573 e. The lowest BCUT2D eigenvalue weighted by molar-refractivity contribution is -0.275. The van der Waals surface area contributed by atoms with E-state index in [0.717, 1.165) is 18.2 Å². The van der Waals surface area contributed by atoms with Crippen molar-refractivity contribution in [3.63, 3.8) is 0 Å². The highest BCUT2D eigenvalue weighted by Crippen LogP contribution is 2.37. The number of aromatic hydroxyl groups is 1. The number of hydrogen-bond acceptors (Lipinski definition) is 5. The molecule has 5 nitrogen and oxygen atoms in total. The Hall–Kier alpha value is -2.03. The first-order valence-electron chi connectivity index (χ1n) is 5.81. The Morgan fingerprint density at radius 3 is 2.57 bits per heavy atom. The number of hydrogen-bond donors (Lipinski definition) is 2. The zero-order chi connectivity index (χ0) is 16.2. The predicted molar refractivity (Wildman–Crippen MR) is 63.2 cm³/mol. The molecule has 0 saturated heterocycles. The van der Waals surface area contributed by atoms with Crippen LogP contribution >= 0.6 is 0 Å². The minimum absolute atomic E-state index is 0.0881. The molecule has 0 aliphatic carbocycles. The summed E-state index contributed by atoms with van der Waals surface area (Å²) in [6, 6.07) is 1.29. The molecule has 0 aliphatic heterocycles. The zero-order valence-electron chi connectivity index (χ0n) is 10.9. The van der Waals surface area contributed by atoms with Gasteiger partial charge in [-0.2, -0.15) is 0 Å². The van der Waals surface area contributed by atoms with Crippen molar-refractivity contribution >= 4 is 5.97 Å². The van der Waals surface area contributed by atoms with Crippen LogP contribution in [0.25, 0.3) is 0 Å². The molecule has 1 rings (SSSR count). The van der Waals surface area contributed by atoms with Crippen LogP contribution in [0.3, 0.4) is 0 Å². The number of rotatable bonds is 5. The summed E-state index contributed by atoms with van der Waals surface area (Å²) in [7, 11) is 0. The lowest BCUT2D eigenvalue weighted by Gasteiger charge is -2.19. The number of phenolic OH excluding ortho intramolecular Hbond substituents is 1. The van der Waals surface area contributed by atoms with Crippen LogP contribution < -0.4 is 10.5 Å². The van der Waals surface area contributed by atoms with Crippen molar-refractivity contribution in [1.29, 1.82) is 0 Å². The average Bonchev–Trinajstić information content (AvgIpc) is 2.38. The first-order chi connectivity index (χ1) is 9.67. The number of halogens is 4. The Kier molecular flexibility index (Phi) is 5.36. The molecule has 0 aliphatic rings. The topological polar surface area (TPSA) is 81.8 Å². The van der Waals surface area contributed by atoms with Gasteiger partial charge in [-0.05, 0) is 13.0 Å². The van der Waals surface area contributed by atoms with Gasteiger partial charge in [0.1, 0.15) is 0 Å². The van der Waals surface area contributed by atoms with Crippen molar-refractivity contribution in [3.8, 4) is 11.5 Å². The molecule has 0 saturated carbocycles. The molecule has 0 amide bonds. The van der Waals surface area contributed by atoms with E-state index in [0.29, 0.717) is 0 Å². The number of carbonyl (C=O) groups is 1. The predicted octanol–water partition coefficient (Wildman–Crippen LogP) is 2.19. The van der Waals surface area contributed by atoms with Gasteiger partial charge < -0.3 is 20.3 Å². The Balaban J connectivity index is 3.03. The quantitative estimate of drug-likeness (QED) is 0.643. The Labute approximate surface area is 117 Å². The average molecular weight is 311 g/mol. The molecule has 0 heterocycles. The second kappa shape index (κ2) is 6.61. The van der Waals surface area contributed by atoms with Gasteiger partial charge in [-0.15, -0.1) is 13.2 Å². The normalized spacial score (nSPS) is 14.4. The standard InChI is InChI=1S/C12H13F4NO4/c1-2-20-11(19)8(13)9(17)6-4-3-5-7(10(6)18)21-12(14,15)16/h3-5,8-9,18H,2,17H2,1H3/t8?,9-/m0/s1. The number of ether oxygens (including phenoxy) is 2. The lowest BCUT2D eigenvalue weighted by atomic mass is 10.0. The molecule has 3 N–H and O–H groups in total. The van der Waals surface area contributed by atoms with Crippen molar-refractivity contribution in [1.82, 2.24) is 0 Å². The van der Waals surface area contributed by atoms with Crippen LogP contribution in [0, 0.1) is 0 Å². The van der Waals surface area contributed by atoms with E-state index in [1.807, 2.05) is 0 Å². The third kappa shape index (κ3) is 4.48. The fourth-order valence-corrected chi connectivity index (χ4v) is 1.54. The van der Waals surface area contributed by atoms with E-state index >= 15 is 0 Å². The maximum absolute atomic E-state index is 13.7. The van der Waals surface area contributed by atoms with Gasteiger partial charge in [-0.3, -0.25) is 0 Å². The summed E-state index contributed by atoms with van der Waals surface area (Å²) in [5.41, 5.74) is 5.03.